The summed E-state index contributed by atoms with van der Waals surface area (Å²) in [5.74, 6) is 0. The first kappa shape index (κ1) is 14.4. The normalized spacial score (nSPS) is 10.3. The molecule has 2 aromatic rings. The molecule has 0 unspecified atom stereocenters. The van der Waals surface area contributed by atoms with Crippen molar-refractivity contribution in [1.29, 1.82) is 0 Å². The number of rotatable bonds is 6. The summed E-state index contributed by atoms with van der Waals surface area (Å²) in [5, 5.41) is 3.52. The molecular formula is C18H24N2. The second-order valence-corrected chi connectivity index (χ2v) is 5.22. The Morgan fingerprint density at radius 3 is 2.20 bits per heavy atom. The molecule has 0 atom stereocenters. The van der Waals surface area contributed by atoms with Crippen molar-refractivity contribution in [2.45, 2.75) is 20.8 Å². The number of hydrogen-bond acceptors (Lipinski definition) is 2. The highest BCUT2D eigenvalue weighted by atomic mass is 15.1. The minimum Gasteiger partial charge on any atom is -0.383 e. The van der Waals surface area contributed by atoms with Crippen molar-refractivity contribution in [3.8, 4) is 0 Å². The first-order valence-electron chi connectivity index (χ1n) is 7.31. The summed E-state index contributed by atoms with van der Waals surface area (Å²) < 4.78 is 0. The Hall–Kier alpha value is -1.96. The van der Waals surface area contributed by atoms with Gasteiger partial charge in [-0.1, -0.05) is 24.3 Å². The molecule has 0 radical (unpaired) electrons. The number of nitrogens with zero attached hydrogens (tertiary/aromatic N) is 1. The average molecular weight is 268 g/mol. The van der Waals surface area contributed by atoms with Crippen molar-refractivity contribution in [2.24, 2.45) is 0 Å². The van der Waals surface area contributed by atoms with Crippen molar-refractivity contribution < 1.29 is 0 Å². The molecule has 2 heteroatoms. The molecular weight excluding hydrogens is 244 g/mol. The molecule has 1 N–H and O–H groups in total. The molecule has 0 heterocycles. The molecule has 106 valence electrons. The molecule has 2 aromatic carbocycles. The van der Waals surface area contributed by atoms with Crippen LogP contribution >= 0.6 is 0 Å². The Morgan fingerprint density at radius 1 is 0.950 bits per heavy atom. The second-order valence-electron chi connectivity index (χ2n) is 5.22. The lowest BCUT2D eigenvalue weighted by molar-refractivity contribution is 0.835. The van der Waals surface area contributed by atoms with Gasteiger partial charge in [0.2, 0.25) is 0 Å². The van der Waals surface area contributed by atoms with Crippen LogP contribution in [0.15, 0.2) is 48.5 Å². The Morgan fingerprint density at radius 2 is 1.60 bits per heavy atom. The largest absolute Gasteiger partial charge is 0.383 e. The molecule has 0 aliphatic heterocycles. The van der Waals surface area contributed by atoms with Crippen LogP contribution in [-0.4, -0.2) is 19.6 Å². The van der Waals surface area contributed by atoms with E-state index in [2.05, 4.69) is 79.5 Å². The van der Waals surface area contributed by atoms with E-state index in [-0.39, 0.29) is 0 Å². The molecule has 0 bridgehead atoms. The summed E-state index contributed by atoms with van der Waals surface area (Å²) >= 11 is 0. The highest BCUT2D eigenvalue weighted by molar-refractivity contribution is 5.49. The van der Waals surface area contributed by atoms with Crippen molar-refractivity contribution in [1.82, 2.24) is 0 Å². The molecule has 0 fully saturated rings. The average Bonchev–Trinajstić information content (AvgIpc) is 2.43. The first-order valence-corrected chi connectivity index (χ1v) is 7.31. The Labute approximate surface area is 122 Å². The van der Waals surface area contributed by atoms with E-state index >= 15 is 0 Å². The topological polar surface area (TPSA) is 15.3 Å². The van der Waals surface area contributed by atoms with Crippen molar-refractivity contribution in [3.05, 3.63) is 59.7 Å². The van der Waals surface area contributed by atoms with Gasteiger partial charge in [0, 0.05) is 31.0 Å². The van der Waals surface area contributed by atoms with Gasteiger partial charge in [0.1, 0.15) is 0 Å². The lowest BCUT2D eigenvalue weighted by atomic mass is 10.1. The van der Waals surface area contributed by atoms with Gasteiger partial charge < -0.3 is 10.2 Å². The lowest BCUT2D eigenvalue weighted by Gasteiger charge is -2.23. The minimum absolute atomic E-state index is 0.950. The van der Waals surface area contributed by atoms with E-state index in [4.69, 9.17) is 0 Å². The van der Waals surface area contributed by atoms with Crippen LogP contribution in [0.3, 0.4) is 0 Å². The van der Waals surface area contributed by atoms with E-state index in [1.165, 1.54) is 22.5 Å². The van der Waals surface area contributed by atoms with Crippen LogP contribution in [0.25, 0.3) is 0 Å². The van der Waals surface area contributed by atoms with Gasteiger partial charge in [-0.05, 0) is 56.2 Å². The maximum atomic E-state index is 3.52. The summed E-state index contributed by atoms with van der Waals surface area (Å²) in [4.78, 5) is 2.38. The standard InChI is InChI=1S/C18H24N2/c1-4-20(18-8-6-5-7-9-18)11-10-19-17-13-15(2)12-16(3)14-17/h5-9,12-14,19H,4,10-11H2,1-3H3. The SMILES string of the molecule is CCN(CCNc1cc(C)cc(C)c1)c1ccccc1. The zero-order valence-electron chi connectivity index (χ0n) is 12.7. The fraction of sp³-hybridized carbons (Fsp3) is 0.333. The molecule has 0 saturated heterocycles. The number of likely N-dealkylation sites (N-methyl/N-ethyl adjacent to an activating group) is 1. The summed E-state index contributed by atoms with van der Waals surface area (Å²) in [7, 11) is 0. The van der Waals surface area contributed by atoms with Gasteiger partial charge in [0.05, 0.1) is 0 Å². The van der Waals surface area contributed by atoms with E-state index in [0.29, 0.717) is 0 Å². The number of aryl methyl sites for hydroxylation is 2. The number of anilines is 2. The quantitative estimate of drug-likeness (QED) is 0.843. The van der Waals surface area contributed by atoms with Crippen LogP contribution in [0.5, 0.6) is 0 Å². The molecule has 0 aliphatic rings. The van der Waals surface area contributed by atoms with Crippen LogP contribution in [0, 0.1) is 13.8 Å². The van der Waals surface area contributed by atoms with Crippen LogP contribution in [0.2, 0.25) is 0 Å². The number of nitrogens with one attached hydrogen (secondary N) is 1. The van der Waals surface area contributed by atoms with Crippen molar-refractivity contribution in [3.63, 3.8) is 0 Å². The third-order valence-corrected chi connectivity index (χ3v) is 3.44. The van der Waals surface area contributed by atoms with E-state index < -0.39 is 0 Å². The smallest absolute Gasteiger partial charge is 0.0366 e. The molecule has 0 amide bonds. The third kappa shape index (κ3) is 4.02. The van der Waals surface area contributed by atoms with Gasteiger partial charge in [-0.3, -0.25) is 0 Å². The highest BCUT2D eigenvalue weighted by Gasteiger charge is 2.03. The van der Waals surface area contributed by atoms with Crippen molar-refractivity contribution >= 4 is 11.4 Å². The Bertz CT molecular complexity index is 514. The zero-order chi connectivity index (χ0) is 14.4. The zero-order valence-corrected chi connectivity index (χ0v) is 12.7. The molecule has 20 heavy (non-hydrogen) atoms. The van der Waals surface area contributed by atoms with Crippen LogP contribution < -0.4 is 10.2 Å². The van der Waals surface area contributed by atoms with Crippen LogP contribution in [0.4, 0.5) is 11.4 Å². The van der Waals surface area contributed by atoms with Crippen molar-refractivity contribution in [2.75, 3.05) is 29.9 Å². The summed E-state index contributed by atoms with van der Waals surface area (Å²) in [6.45, 7) is 9.46. The molecule has 0 saturated carbocycles. The maximum Gasteiger partial charge on any atom is 0.0366 e. The third-order valence-electron chi connectivity index (χ3n) is 3.44. The summed E-state index contributed by atoms with van der Waals surface area (Å²) in [6.07, 6.45) is 0. The number of hydrogen-bond donors (Lipinski definition) is 1. The molecule has 0 aliphatic carbocycles. The Balaban J connectivity index is 1.91. The lowest BCUT2D eigenvalue weighted by Crippen LogP contribution is -2.28. The summed E-state index contributed by atoms with van der Waals surface area (Å²) in [6, 6.07) is 17.2. The summed E-state index contributed by atoms with van der Waals surface area (Å²) in [5.41, 5.74) is 5.12. The van der Waals surface area contributed by atoms with Gasteiger partial charge in [0.25, 0.3) is 0 Å². The number of benzene rings is 2. The van der Waals surface area contributed by atoms with Gasteiger partial charge in [-0.25, -0.2) is 0 Å². The number of para-hydroxylation sites is 1. The highest BCUT2D eigenvalue weighted by Crippen LogP contribution is 2.15. The molecule has 2 rings (SSSR count). The second kappa shape index (κ2) is 6.99. The molecule has 0 aromatic heterocycles. The van der Waals surface area contributed by atoms with E-state index in [1.54, 1.807) is 0 Å². The van der Waals surface area contributed by atoms with Gasteiger partial charge >= 0.3 is 0 Å². The molecule has 0 spiro atoms. The monoisotopic (exact) mass is 268 g/mol. The van der Waals surface area contributed by atoms with Gasteiger partial charge in [0.15, 0.2) is 0 Å². The predicted molar refractivity (Wildman–Crippen MR) is 88.7 cm³/mol. The van der Waals surface area contributed by atoms with E-state index in [0.717, 1.165) is 19.6 Å². The Kier molecular flexibility index (Phi) is 5.05. The molecule has 2 nitrogen and oxygen atoms in total. The fourth-order valence-corrected chi connectivity index (χ4v) is 2.52. The van der Waals surface area contributed by atoms with Crippen LogP contribution in [-0.2, 0) is 0 Å². The van der Waals surface area contributed by atoms with Gasteiger partial charge in [-0.15, -0.1) is 0 Å². The first-order chi connectivity index (χ1) is 9.69. The van der Waals surface area contributed by atoms with E-state index in [9.17, 15) is 0 Å². The van der Waals surface area contributed by atoms with Crippen LogP contribution in [0.1, 0.15) is 18.1 Å². The predicted octanol–water partition coefficient (Wildman–Crippen LogP) is 4.24. The minimum atomic E-state index is 0.950. The fourth-order valence-electron chi connectivity index (χ4n) is 2.52. The van der Waals surface area contributed by atoms with E-state index in [1.807, 2.05) is 0 Å². The van der Waals surface area contributed by atoms with Gasteiger partial charge in [-0.2, -0.15) is 0 Å². The maximum absolute atomic E-state index is 3.52.